The molecule has 2 bridgehead atoms. The maximum absolute atomic E-state index is 12.8. The summed E-state index contributed by atoms with van der Waals surface area (Å²) in [4.78, 5) is 21.6. The van der Waals surface area contributed by atoms with Gasteiger partial charge >= 0.3 is 0 Å². The minimum atomic E-state index is -0.511. The molecule has 3 heterocycles. The van der Waals surface area contributed by atoms with Crippen molar-refractivity contribution in [3.63, 3.8) is 0 Å². The Morgan fingerprint density at radius 1 is 1.28 bits per heavy atom. The first-order valence-electron chi connectivity index (χ1n) is 8.92. The number of nitrogens with two attached hydrogens (primary N) is 1. The molecule has 1 amide bonds. The number of fused-ring (bicyclic) bond motifs is 2. The van der Waals surface area contributed by atoms with Crippen molar-refractivity contribution in [3.05, 3.63) is 54.1 Å². The topological polar surface area (TPSA) is 67.4 Å². The van der Waals surface area contributed by atoms with E-state index in [1.54, 1.807) is 6.20 Å². The molecule has 1 unspecified atom stereocenters. The molecule has 2 aliphatic rings. The van der Waals surface area contributed by atoms with E-state index < -0.39 is 6.04 Å². The predicted molar refractivity (Wildman–Crippen MR) is 95.6 cm³/mol. The smallest absolute Gasteiger partial charge is 0.240 e. The Morgan fingerprint density at radius 3 is 2.72 bits per heavy atom. The lowest BCUT2D eigenvalue weighted by molar-refractivity contribution is -0.135. The molecule has 1 aromatic carbocycles. The molecule has 0 radical (unpaired) electrons. The maximum atomic E-state index is 12.8. The van der Waals surface area contributed by atoms with E-state index in [1.165, 1.54) is 5.56 Å². The summed E-state index contributed by atoms with van der Waals surface area (Å²) in [5, 5.41) is 0. The lowest BCUT2D eigenvalue weighted by Gasteiger charge is -2.35. The van der Waals surface area contributed by atoms with E-state index in [0.717, 1.165) is 31.9 Å². The quantitative estimate of drug-likeness (QED) is 0.874. The first-order chi connectivity index (χ1) is 12.1. The van der Waals surface area contributed by atoms with E-state index in [0.29, 0.717) is 18.5 Å². The first-order valence-corrected chi connectivity index (χ1v) is 8.92. The van der Waals surface area contributed by atoms with Gasteiger partial charge in [0.15, 0.2) is 0 Å². The maximum Gasteiger partial charge on any atom is 0.240 e. The standard InChI is InChI=1S/C19H25N5O/c1-22-8-7-21-18(22)10-17(20)19(25)24-13-15-9-16(24)12-23(15)11-14-5-3-2-4-6-14/h2-8,15-17H,9-13,20H2,1H3/t15-,16-,17?/m0/s1. The van der Waals surface area contributed by atoms with Crippen LogP contribution < -0.4 is 5.73 Å². The number of aromatic nitrogens is 2. The van der Waals surface area contributed by atoms with Crippen molar-refractivity contribution in [1.29, 1.82) is 0 Å². The van der Waals surface area contributed by atoms with Crippen molar-refractivity contribution in [2.45, 2.75) is 37.5 Å². The number of benzene rings is 1. The third-order valence-electron chi connectivity index (χ3n) is 5.51. The van der Waals surface area contributed by atoms with Crippen LogP contribution in [0.1, 0.15) is 17.8 Å². The molecule has 25 heavy (non-hydrogen) atoms. The van der Waals surface area contributed by atoms with Crippen molar-refractivity contribution in [3.8, 4) is 0 Å². The number of carbonyl (C=O) groups excluding carboxylic acids is 1. The average molecular weight is 339 g/mol. The monoisotopic (exact) mass is 339 g/mol. The number of amides is 1. The molecule has 6 nitrogen and oxygen atoms in total. The van der Waals surface area contributed by atoms with Gasteiger partial charge in [-0.15, -0.1) is 0 Å². The van der Waals surface area contributed by atoms with Crippen LogP contribution in [0.3, 0.4) is 0 Å². The molecule has 2 saturated heterocycles. The van der Waals surface area contributed by atoms with Gasteiger partial charge < -0.3 is 15.2 Å². The third kappa shape index (κ3) is 3.19. The molecule has 3 atom stereocenters. The number of piperazine rings is 1. The molecule has 0 spiro atoms. The second-order valence-corrected chi connectivity index (χ2v) is 7.21. The van der Waals surface area contributed by atoms with Crippen molar-refractivity contribution in [2.75, 3.05) is 13.1 Å². The molecule has 2 N–H and O–H groups in total. The van der Waals surface area contributed by atoms with Crippen molar-refractivity contribution in [1.82, 2.24) is 19.4 Å². The minimum Gasteiger partial charge on any atom is -0.338 e. The van der Waals surface area contributed by atoms with Crippen LogP contribution >= 0.6 is 0 Å². The van der Waals surface area contributed by atoms with Gasteiger partial charge in [0, 0.05) is 57.6 Å². The molecule has 6 heteroatoms. The van der Waals surface area contributed by atoms with Crippen LogP contribution in [0.15, 0.2) is 42.7 Å². The van der Waals surface area contributed by atoms with Crippen LogP contribution in [0.25, 0.3) is 0 Å². The second kappa shape index (κ2) is 6.61. The van der Waals surface area contributed by atoms with Crippen LogP contribution in [-0.4, -0.2) is 56.5 Å². The highest BCUT2D eigenvalue weighted by atomic mass is 16.2. The van der Waals surface area contributed by atoms with E-state index >= 15 is 0 Å². The molecular formula is C19H25N5O. The Labute approximate surface area is 148 Å². The molecule has 0 aliphatic carbocycles. The highest BCUT2D eigenvalue weighted by molar-refractivity contribution is 5.82. The first kappa shape index (κ1) is 16.3. The van der Waals surface area contributed by atoms with Crippen molar-refractivity contribution >= 4 is 5.91 Å². The normalized spacial score (nSPS) is 24.0. The van der Waals surface area contributed by atoms with Gasteiger partial charge in [0.25, 0.3) is 0 Å². The fourth-order valence-corrected chi connectivity index (χ4v) is 4.12. The van der Waals surface area contributed by atoms with Crippen molar-refractivity contribution in [2.24, 2.45) is 12.8 Å². The van der Waals surface area contributed by atoms with Crippen LogP contribution in [0.4, 0.5) is 0 Å². The number of carbonyl (C=O) groups is 1. The van der Waals surface area contributed by atoms with Crippen LogP contribution in [0, 0.1) is 0 Å². The summed E-state index contributed by atoms with van der Waals surface area (Å²) in [6.45, 7) is 2.70. The van der Waals surface area contributed by atoms with E-state index in [4.69, 9.17) is 5.73 Å². The van der Waals surface area contributed by atoms with E-state index in [-0.39, 0.29) is 5.91 Å². The zero-order valence-electron chi connectivity index (χ0n) is 14.6. The summed E-state index contributed by atoms with van der Waals surface area (Å²) in [6, 6.07) is 10.8. The van der Waals surface area contributed by atoms with Gasteiger partial charge in [-0.25, -0.2) is 4.98 Å². The predicted octanol–water partition coefficient (Wildman–Crippen LogP) is 0.775. The summed E-state index contributed by atoms with van der Waals surface area (Å²) in [7, 11) is 1.93. The molecule has 2 aliphatic heterocycles. The molecule has 1 aromatic heterocycles. The lowest BCUT2D eigenvalue weighted by atomic mass is 10.1. The Hall–Kier alpha value is -2.18. The van der Waals surface area contributed by atoms with Crippen LogP contribution in [0.5, 0.6) is 0 Å². The SMILES string of the molecule is Cn1ccnc1CC(N)C(=O)N1C[C@@H]2C[C@H]1CN2Cc1ccccc1. The van der Waals surface area contributed by atoms with Crippen molar-refractivity contribution < 1.29 is 4.79 Å². The molecular weight excluding hydrogens is 314 g/mol. The number of hydrogen-bond acceptors (Lipinski definition) is 4. The zero-order valence-corrected chi connectivity index (χ0v) is 14.6. The van der Waals surface area contributed by atoms with Crippen LogP contribution in [0.2, 0.25) is 0 Å². The number of hydrogen-bond donors (Lipinski definition) is 1. The van der Waals surface area contributed by atoms with Gasteiger partial charge in [0.05, 0.1) is 6.04 Å². The Kier molecular flexibility index (Phi) is 4.31. The average Bonchev–Trinajstić information content (AvgIpc) is 3.31. The summed E-state index contributed by atoms with van der Waals surface area (Å²) in [5.74, 6) is 0.922. The van der Waals surface area contributed by atoms with E-state index in [1.807, 2.05) is 28.8 Å². The van der Waals surface area contributed by atoms with Gasteiger partial charge in [-0.3, -0.25) is 9.69 Å². The van der Waals surface area contributed by atoms with Gasteiger partial charge in [-0.2, -0.15) is 0 Å². The second-order valence-electron chi connectivity index (χ2n) is 7.21. The fourth-order valence-electron chi connectivity index (χ4n) is 4.12. The molecule has 2 fully saturated rings. The summed E-state index contributed by atoms with van der Waals surface area (Å²) in [5.41, 5.74) is 7.52. The highest BCUT2D eigenvalue weighted by Gasteiger charge is 2.45. The molecule has 4 rings (SSSR count). The summed E-state index contributed by atoms with van der Waals surface area (Å²) >= 11 is 0. The number of nitrogens with zero attached hydrogens (tertiary/aromatic N) is 4. The summed E-state index contributed by atoms with van der Waals surface area (Å²) < 4.78 is 1.92. The third-order valence-corrected chi connectivity index (χ3v) is 5.51. The van der Waals surface area contributed by atoms with Gasteiger partial charge in [-0.05, 0) is 12.0 Å². The van der Waals surface area contributed by atoms with E-state index in [9.17, 15) is 4.79 Å². The van der Waals surface area contributed by atoms with E-state index in [2.05, 4.69) is 34.1 Å². The molecule has 132 valence electrons. The fraction of sp³-hybridized carbons (Fsp3) is 0.474. The molecule has 2 aromatic rings. The van der Waals surface area contributed by atoms with Crippen LogP contribution in [-0.2, 0) is 24.8 Å². The number of likely N-dealkylation sites (tertiary alicyclic amines) is 2. The number of aryl methyl sites for hydroxylation is 1. The largest absolute Gasteiger partial charge is 0.338 e. The Bertz CT molecular complexity index is 743. The van der Waals surface area contributed by atoms with Gasteiger partial charge in [-0.1, -0.05) is 30.3 Å². The lowest BCUT2D eigenvalue weighted by Crippen LogP contribution is -2.53. The van der Waals surface area contributed by atoms with Gasteiger partial charge in [0.1, 0.15) is 5.82 Å². The minimum absolute atomic E-state index is 0.0647. The Morgan fingerprint density at radius 2 is 2.08 bits per heavy atom. The number of imidazole rings is 1. The summed E-state index contributed by atoms with van der Waals surface area (Å²) in [6.07, 6.45) is 5.18. The molecule has 0 saturated carbocycles. The number of rotatable bonds is 5. The van der Waals surface area contributed by atoms with Gasteiger partial charge in [0.2, 0.25) is 5.91 Å². The highest BCUT2D eigenvalue weighted by Crippen LogP contribution is 2.32. The Balaban J connectivity index is 1.35. The zero-order chi connectivity index (χ0) is 17.4.